The topological polar surface area (TPSA) is 72.8 Å². The Hall–Kier alpha value is -3.77. The van der Waals surface area contributed by atoms with E-state index < -0.39 is 9.84 Å². The minimum absolute atomic E-state index is 0.144. The van der Waals surface area contributed by atoms with E-state index in [-0.39, 0.29) is 15.5 Å². The highest BCUT2D eigenvalue weighted by molar-refractivity contribution is 7.91. The SMILES string of the molecule is O=S(=O)(c1ccc(OCc2ccccc2)cc1)c1ccc(Oc2ccc(O)cc2)cc1. The van der Waals surface area contributed by atoms with Crippen molar-refractivity contribution in [2.24, 2.45) is 0 Å². The molecule has 0 unspecified atom stereocenters. The molecule has 0 bridgehead atoms. The van der Waals surface area contributed by atoms with Gasteiger partial charge in [0.05, 0.1) is 9.79 Å². The summed E-state index contributed by atoms with van der Waals surface area (Å²) < 4.78 is 37.2. The number of phenolic OH excluding ortho intramolecular Hbond substituents is 1. The van der Waals surface area contributed by atoms with Crippen molar-refractivity contribution in [1.82, 2.24) is 0 Å². The Balaban J connectivity index is 1.44. The molecule has 6 heteroatoms. The van der Waals surface area contributed by atoms with Gasteiger partial charge in [0.1, 0.15) is 29.6 Å². The third-order valence-electron chi connectivity index (χ3n) is 4.59. The van der Waals surface area contributed by atoms with Gasteiger partial charge < -0.3 is 14.6 Å². The molecular weight excluding hydrogens is 412 g/mol. The first-order chi connectivity index (χ1) is 15.0. The van der Waals surface area contributed by atoms with Crippen molar-refractivity contribution < 1.29 is 23.0 Å². The monoisotopic (exact) mass is 432 g/mol. The summed E-state index contributed by atoms with van der Waals surface area (Å²) in [6.07, 6.45) is 0. The summed E-state index contributed by atoms with van der Waals surface area (Å²) in [6.45, 7) is 0.412. The number of sulfone groups is 1. The smallest absolute Gasteiger partial charge is 0.206 e. The van der Waals surface area contributed by atoms with Crippen LogP contribution < -0.4 is 9.47 Å². The molecule has 4 rings (SSSR count). The van der Waals surface area contributed by atoms with Gasteiger partial charge in [0.25, 0.3) is 0 Å². The van der Waals surface area contributed by atoms with E-state index in [1.54, 1.807) is 36.4 Å². The molecule has 0 heterocycles. The number of rotatable bonds is 7. The van der Waals surface area contributed by atoms with Crippen LogP contribution in [0.5, 0.6) is 23.0 Å². The molecule has 0 saturated heterocycles. The number of aromatic hydroxyl groups is 1. The normalized spacial score (nSPS) is 11.1. The lowest BCUT2D eigenvalue weighted by molar-refractivity contribution is 0.306. The van der Waals surface area contributed by atoms with Crippen molar-refractivity contribution in [1.29, 1.82) is 0 Å². The molecule has 0 radical (unpaired) electrons. The van der Waals surface area contributed by atoms with Crippen molar-refractivity contribution in [2.75, 3.05) is 0 Å². The third kappa shape index (κ3) is 5.05. The van der Waals surface area contributed by atoms with E-state index in [2.05, 4.69) is 0 Å². The lowest BCUT2D eigenvalue weighted by Gasteiger charge is -2.09. The van der Waals surface area contributed by atoms with Crippen LogP contribution in [0.2, 0.25) is 0 Å². The van der Waals surface area contributed by atoms with E-state index in [4.69, 9.17) is 9.47 Å². The highest BCUT2D eigenvalue weighted by Crippen LogP contribution is 2.28. The average Bonchev–Trinajstić information content (AvgIpc) is 2.80. The molecule has 1 N–H and O–H groups in total. The summed E-state index contributed by atoms with van der Waals surface area (Å²) in [5, 5.41) is 9.33. The predicted octanol–water partition coefficient (Wildman–Crippen LogP) is 5.60. The Morgan fingerprint density at radius 2 is 1.10 bits per heavy atom. The van der Waals surface area contributed by atoms with Gasteiger partial charge in [-0.2, -0.15) is 0 Å². The summed E-state index contributed by atoms with van der Waals surface area (Å²) in [6, 6.07) is 28.6. The number of benzene rings is 4. The summed E-state index contributed by atoms with van der Waals surface area (Å²) in [5.74, 6) is 1.78. The number of hydrogen-bond donors (Lipinski definition) is 1. The highest BCUT2D eigenvalue weighted by atomic mass is 32.2. The maximum absolute atomic E-state index is 12.9. The van der Waals surface area contributed by atoms with Gasteiger partial charge in [-0.3, -0.25) is 0 Å². The largest absolute Gasteiger partial charge is 0.508 e. The lowest BCUT2D eigenvalue weighted by atomic mass is 10.2. The van der Waals surface area contributed by atoms with Crippen LogP contribution in [0.15, 0.2) is 113 Å². The van der Waals surface area contributed by atoms with Gasteiger partial charge in [0.15, 0.2) is 0 Å². The molecule has 0 saturated carbocycles. The van der Waals surface area contributed by atoms with Crippen molar-refractivity contribution >= 4 is 9.84 Å². The molecule has 0 aliphatic rings. The second-order valence-corrected chi connectivity index (χ2v) is 8.77. The van der Waals surface area contributed by atoms with Gasteiger partial charge in [0, 0.05) is 0 Å². The Labute approximate surface area is 181 Å². The average molecular weight is 432 g/mol. The molecule has 31 heavy (non-hydrogen) atoms. The van der Waals surface area contributed by atoms with E-state index in [1.165, 1.54) is 36.4 Å². The maximum Gasteiger partial charge on any atom is 0.206 e. The molecule has 0 aromatic heterocycles. The van der Waals surface area contributed by atoms with Gasteiger partial charge in [-0.25, -0.2) is 8.42 Å². The fraction of sp³-hybridized carbons (Fsp3) is 0.0400. The zero-order valence-electron chi connectivity index (χ0n) is 16.5. The predicted molar refractivity (Wildman–Crippen MR) is 117 cm³/mol. The fourth-order valence-corrected chi connectivity index (χ4v) is 4.19. The molecule has 5 nitrogen and oxygen atoms in total. The second-order valence-electron chi connectivity index (χ2n) is 6.82. The Kier molecular flexibility index (Phi) is 5.91. The minimum Gasteiger partial charge on any atom is -0.508 e. The minimum atomic E-state index is -3.66. The van der Waals surface area contributed by atoms with Crippen molar-refractivity contribution in [2.45, 2.75) is 16.4 Å². The molecule has 156 valence electrons. The van der Waals surface area contributed by atoms with Crippen molar-refractivity contribution in [3.63, 3.8) is 0 Å². The molecule has 0 amide bonds. The van der Waals surface area contributed by atoms with Crippen molar-refractivity contribution in [3.05, 3.63) is 109 Å². The summed E-state index contributed by atoms with van der Waals surface area (Å²) in [5.41, 5.74) is 1.04. The number of ether oxygens (including phenoxy) is 2. The first kappa shape index (κ1) is 20.5. The standard InChI is InChI=1S/C25H20O5S/c26-20-6-8-22(9-7-20)30-23-12-16-25(17-13-23)31(27,28)24-14-10-21(11-15-24)29-18-19-4-2-1-3-5-19/h1-17,26H,18H2. The first-order valence-corrected chi connectivity index (χ1v) is 11.1. The van der Waals surface area contributed by atoms with E-state index >= 15 is 0 Å². The van der Waals surface area contributed by atoms with Gasteiger partial charge in [0.2, 0.25) is 9.84 Å². The van der Waals surface area contributed by atoms with Gasteiger partial charge in [-0.15, -0.1) is 0 Å². The van der Waals surface area contributed by atoms with E-state index in [1.807, 2.05) is 30.3 Å². The highest BCUT2D eigenvalue weighted by Gasteiger charge is 2.17. The van der Waals surface area contributed by atoms with Crippen LogP contribution in [0.1, 0.15) is 5.56 Å². The maximum atomic E-state index is 12.9. The van der Waals surface area contributed by atoms with Crippen molar-refractivity contribution in [3.8, 4) is 23.0 Å². The van der Waals surface area contributed by atoms with Crippen LogP contribution in [0, 0.1) is 0 Å². The molecule has 4 aromatic carbocycles. The molecular formula is C25H20O5S. The van der Waals surface area contributed by atoms with Crippen LogP contribution >= 0.6 is 0 Å². The summed E-state index contributed by atoms with van der Waals surface area (Å²) >= 11 is 0. The Morgan fingerprint density at radius 3 is 1.65 bits per heavy atom. The second kappa shape index (κ2) is 8.93. The molecule has 4 aromatic rings. The molecule has 0 aliphatic carbocycles. The summed E-state index contributed by atoms with van der Waals surface area (Å²) in [4.78, 5) is 0.357. The zero-order chi connectivity index (χ0) is 21.7. The van der Waals surface area contributed by atoms with Crippen LogP contribution in [-0.2, 0) is 16.4 Å². The molecule has 0 aliphatic heterocycles. The number of phenols is 1. The first-order valence-electron chi connectivity index (χ1n) is 9.59. The molecule has 0 spiro atoms. The molecule has 0 fully saturated rings. The molecule has 0 atom stereocenters. The third-order valence-corrected chi connectivity index (χ3v) is 6.37. The van der Waals surface area contributed by atoms with Gasteiger partial charge in [-0.1, -0.05) is 30.3 Å². The van der Waals surface area contributed by atoms with Gasteiger partial charge in [-0.05, 0) is 78.4 Å². The van der Waals surface area contributed by atoms with Crippen LogP contribution in [0.4, 0.5) is 0 Å². The van der Waals surface area contributed by atoms with Crippen LogP contribution in [0.25, 0.3) is 0 Å². The van der Waals surface area contributed by atoms with E-state index in [0.29, 0.717) is 23.9 Å². The quantitative estimate of drug-likeness (QED) is 0.412. The Bertz CT molecular complexity index is 1230. The zero-order valence-corrected chi connectivity index (χ0v) is 17.3. The number of hydrogen-bond acceptors (Lipinski definition) is 5. The van der Waals surface area contributed by atoms with Crippen LogP contribution in [0.3, 0.4) is 0 Å². The van der Waals surface area contributed by atoms with Gasteiger partial charge >= 0.3 is 0 Å². The Morgan fingerprint density at radius 1 is 0.613 bits per heavy atom. The summed E-state index contributed by atoms with van der Waals surface area (Å²) in [7, 11) is -3.66. The lowest BCUT2D eigenvalue weighted by Crippen LogP contribution is -2.02. The van der Waals surface area contributed by atoms with E-state index in [0.717, 1.165) is 5.56 Å². The fourth-order valence-electron chi connectivity index (χ4n) is 2.93. The van der Waals surface area contributed by atoms with Crippen LogP contribution in [-0.4, -0.2) is 13.5 Å². The van der Waals surface area contributed by atoms with E-state index in [9.17, 15) is 13.5 Å².